The summed E-state index contributed by atoms with van der Waals surface area (Å²) in [7, 11) is -0.654. The van der Waals surface area contributed by atoms with Crippen molar-refractivity contribution in [3.8, 4) is 0 Å². The molecule has 0 atom stereocenters. The third kappa shape index (κ3) is 8.33. The van der Waals surface area contributed by atoms with Crippen molar-refractivity contribution in [1.29, 1.82) is 0 Å². The summed E-state index contributed by atoms with van der Waals surface area (Å²) in [5, 5.41) is -20.8. The fourth-order valence-electron chi connectivity index (χ4n) is 4.03. The molecular formula is C24Cl10O12S2. The van der Waals surface area contributed by atoms with E-state index in [9.17, 15) is 57.5 Å². The van der Waals surface area contributed by atoms with Gasteiger partial charge in [-0.2, -0.15) is 0 Å². The van der Waals surface area contributed by atoms with Gasteiger partial charge in [-0.1, -0.05) is 0 Å². The fraction of sp³-hybridized carbons (Fsp3) is 0. The smallest absolute Gasteiger partial charge is 0.254 e. The van der Waals surface area contributed by atoms with E-state index in [2.05, 4.69) is 0 Å². The number of carbonyl (C=O) groups is 12. The van der Waals surface area contributed by atoms with Crippen molar-refractivity contribution in [2.24, 2.45) is 0 Å². The van der Waals surface area contributed by atoms with Gasteiger partial charge in [0.2, 0.25) is 10.2 Å². The first-order chi connectivity index (χ1) is 22.0. The van der Waals surface area contributed by atoms with Crippen LogP contribution in [0.2, 0.25) is 0 Å². The largest absolute Gasteiger partial charge is 0.281 e. The number of benzene rings is 2. The zero-order chi connectivity index (χ0) is 37.3. The molecule has 0 fully saturated rings. The minimum atomic E-state index is -1.77. The van der Waals surface area contributed by atoms with Gasteiger partial charge in [-0.05, 0) is 138 Å². The molecular weight excluding hydrogens is 899 g/mol. The maximum atomic E-state index is 13.5. The molecule has 24 heteroatoms. The van der Waals surface area contributed by atoms with Crippen LogP contribution in [0.5, 0.6) is 0 Å². The zero-order valence-corrected chi connectivity index (χ0v) is 30.7. The summed E-state index contributed by atoms with van der Waals surface area (Å²) in [6.45, 7) is 0. The Morgan fingerprint density at radius 3 is 0.438 bits per heavy atom. The van der Waals surface area contributed by atoms with Crippen LogP contribution in [0, 0.1) is 0 Å². The van der Waals surface area contributed by atoms with Gasteiger partial charge in [-0.15, -0.1) is 0 Å². The van der Waals surface area contributed by atoms with Gasteiger partial charge < -0.3 is 0 Å². The highest BCUT2D eigenvalue weighted by molar-refractivity contribution is 8.87. The lowest BCUT2D eigenvalue weighted by molar-refractivity contribution is 0.101. The van der Waals surface area contributed by atoms with Gasteiger partial charge >= 0.3 is 0 Å². The second-order valence-electron chi connectivity index (χ2n) is 7.98. The molecule has 2 aromatic rings. The van der Waals surface area contributed by atoms with Crippen LogP contribution in [0.4, 0.5) is 0 Å². The minimum absolute atomic E-state index is 0.327. The predicted octanol–water partition coefficient (Wildman–Crippen LogP) is 7.84. The Bertz CT molecular complexity index is 1760. The molecule has 2 aromatic carbocycles. The van der Waals surface area contributed by atoms with E-state index in [0.29, 0.717) is 0 Å². The first-order valence-electron chi connectivity index (χ1n) is 10.9. The van der Waals surface area contributed by atoms with Crippen LogP contribution in [-0.4, -0.2) is 62.7 Å². The van der Waals surface area contributed by atoms with E-state index in [1.165, 1.54) is 0 Å². The maximum Gasteiger partial charge on any atom is 0.254 e. The van der Waals surface area contributed by atoms with E-state index in [1.807, 2.05) is 0 Å². The van der Waals surface area contributed by atoms with Gasteiger partial charge in [0.05, 0.1) is 66.8 Å². The molecule has 0 N–H and O–H groups in total. The normalized spacial score (nSPS) is 10.6. The van der Waals surface area contributed by atoms with Crippen molar-refractivity contribution < 1.29 is 57.5 Å². The lowest BCUT2D eigenvalue weighted by atomic mass is 9.88. The van der Waals surface area contributed by atoms with E-state index in [0.717, 1.165) is 0 Å². The fourth-order valence-corrected chi connectivity index (χ4v) is 7.60. The Labute approximate surface area is 321 Å². The Morgan fingerprint density at radius 2 is 0.333 bits per heavy atom. The summed E-state index contributed by atoms with van der Waals surface area (Å²) in [5.41, 5.74) is -15.6. The van der Waals surface area contributed by atoms with E-state index in [-0.39, 0.29) is 21.6 Å². The number of rotatable bonds is 12. The summed E-state index contributed by atoms with van der Waals surface area (Å²) < 4.78 is 0. The Balaban J connectivity index is 3.08. The average Bonchev–Trinajstić information content (AvgIpc) is 2.95. The molecule has 2 rings (SSSR count). The molecule has 0 spiro atoms. The molecule has 0 saturated heterocycles. The molecule has 0 aromatic heterocycles. The second kappa shape index (κ2) is 16.9. The van der Waals surface area contributed by atoms with E-state index >= 15 is 0 Å². The quantitative estimate of drug-likeness (QED) is 0.147. The predicted molar refractivity (Wildman–Crippen MR) is 179 cm³/mol. The van der Waals surface area contributed by atoms with E-state index in [4.69, 9.17) is 116 Å². The number of carbonyl (C=O) groups excluding carboxylic acids is 12. The van der Waals surface area contributed by atoms with Crippen LogP contribution in [-0.2, 0) is 0 Å². The third-order valence-corrected chi connectivity index (χ3v) is 9.41. The van der Waals surface area contributed by atoms with Gasteiger partial charge in [-0.25, -0.2) is 0 Å². The van der Waals surface area contributed by atoms with Crippen LogP contribution >= 0.6 is 138 Å². The SMILES string of the molecule is O=C(Cl)c1c(C(=O)Cl)c(C(=O)Cl)c(C(=O)SSC(=O)c2c(C(=O)Cl)c(C(=O)Cl)c(C(=O)Cl)c(C(=O)Cl)c2C(=O)Cl)c(C(=O)Cl)c1C(=O)Cl. The highest BCUT2D eigenvalue weighted by atomic mass is 35.5. The maximum absolute atomic E-state index is 13.5. The molecule has 0 saturated carbocycles. The van der Waals surface area contributed by atoms with Crippen LogP contribution < -0.4 is 0 Å². The van der Waals surface area contributed by atoms with Crippen molar-refractivity contribution >= 4 is 200 Å². The molecule has 0 aliphatic heterocycles. The topological polar surface area (TPSA) is 205 Å². The minimum Gasteiger partial charge on any atom is -0.281 e. The van der Waals surface area contributed by atoms with Gasteiger partial charge in [0.25, 0.3) is 52.4 Å². The Morgan fingerprint density at radius 1 is 0.229 bits per heavy atom. The summed E-state index contributed by atoms with van der Waals surface area (Å²) in [6, 6.07) is 0. The van der Waals surface area contributed by atoms with Gasteiger partial charge in [-0.3, -0.25) is 57.5 Å². The molecule has 48 heavy (non-hydrogen) atoms. The lowest BCUT2D eigenvalue weighted by Gasteiger charge is -2.19. The summed E-state index contributed by atoms with van der Waals surface area (Å²) in [5.74, 6) is 0. The number of halogens is 10. The molecule has 0 amide bonds. The van der Waals surface area contributed by atoms with Crippen LogP contribution in [0.15, 0.2) is 0 Å². The molecule has 0 radical (unpaired) electrons. The van der Waals surface area contributed by atoms with Crippen molar-refractivity contribution in [3.05, 3.63) is 66.8 Å². The zero-order valence-electron chi connectivity index (χ0n) is 21.5. The Hall–Kier alpha value is -1.92. The van der Waals surface area contributed by atoms with E-state index < -0.39 is 129 Å². The van der Waals surface area contributed by atoms with Gasteiger partial charge in [0.1, 0.15) is 0 Å². The Kier molecular flexibility index (Phi) is 14.8. The summed E-state index contributed by atoms with van der Waals surface area (Å²) in [6.07, 6.45) is 0. The van der Waals surface area contributed by atoms with Crippen molar-refractivity contribution in [3.63, 3.8) is 0 Å². The first kappa shape index (κ1) is 42.2. The van der Waals surface area contributed by atoms with Gasteiger partial charge in [0, 0.05) is 0 Å². The monoisotopic (exact) mass is 894 g/mol. The second-order valence-corrected chi connectivity index (χ2v) is 13.5. The van der Waals surface area contributed by atoms with Crippen molar-refractivity contribution in [2.45, 2.75) is 0 Å². The molecule has 250 valence electrons. The van der Waals surface area contributed by atoms with Crippen molar-refractivity contribution in [1.82, 2.24) is 0 Å². The number of hydrogen-bond donors (Lipinski definition) is 0. The number of hydrogen-bond acceptors (Lipinski definition) is 14. The van der Waals surface area contributed by atoms with Gasteiger partial charge in [0.15, 0.2) is 0 Å². The summed E-state index contributed by atoms with van der Waals surface area (Å²) >= 11 is 55.1. The standard InChI is InChI=1S/C24Cl10O12S2/c25-13(35)1-3(15(27)37)7(19(31)41)11(8(20(32)42)4(1)16(28)38)23(45)47-48-24(46)12-9(21(33)43)5(17(29)39)2(14(26)36)6(18(30)40)10(12)22(34)44. The molecule has 0 bridgehead atoms. The van der Waals surface area contributed by atoms with Crippen LogP contribution in [0.1, 0.15) is 124 Å². The summed E-state index contributed by atoms with van der Waals surface area (Å²) in [4.78, 5) is 151. The van der Waals surface area contributed by atoms with E-state index in [1.54, 1.807) is 0 Å². The molecule has 0 unspecified atom stereocenters. The molecule has 0 aliphatic carbocycles. The van der Waals surface area contributed by atoms with Crippen molar-refractivity contribution in [2.75, 3.05) is 0 Å². The average molecular weight is 899 g/mol. The van der Waals surface area contributed by atoms with Crippen LogP contribution in [0.3, 0.4) is 0 Å². The first-order valence-corrected chi connectivity index (χ1v) is 16.8. The molecule has 0 heterocycles. The third-order valence-electron chi connectivity index (χ3n) is 5.57. The highest BCUT2D eigenvalue weighted by Gasteiger charge is 2.41. The molecule has 0 aliphatic rings. The lowest BCUT2D eigenvalue weighted by Crippen LogP contribution is -2.23. The highest BCUT2D eigenvalue weighted by Crippen LogP contribution is 2.42. The molecule has 12 nitrogen and oxygen atoms in total. The van der Waals surface area contributed by atoms with Crippen LogP contribution in [0.25, 0.3) is 0 Å².